The lowest BCUT2D eigenvalue weighted by atomic mass is 9.93. The summed E-state index contributed by atoms with van der Waals surface area (Å²) in [6.07, 6.45) is 5.31. The summed E-state index contributed by atoms with van der Waals surface area (Å²) in [4.78, 5) is 23.4. The summed E-state index contributed by atoms with van der Waals surface area (Å²) in [5.74, 6) is 0.389. The molecule has 4 rings (SSSR count). The first-order chi connectivity index (χ1) is 14.5. The summed E-state index contributed by atoms with van der Waals surface area (Å²) >= 11 is 18.9. The van der Waals surface area contributed by atoms with Crippen molar-refractivity contribution in [3.8, 4) is 11.4 Å². The number of nitrogens with zero attached hydrogens (tertiary/aromatic N) is 2. The Bertz CT molecular complexity index is 1070. The molecule has 1 fully saturated rings. The molecule has 1 aliphatic carbocycles. The molecule has 2 aromatic carbocycles. The lowest BCUT2D eigenvalue weighted by Crippen LogP contribution is -2.42. The number of hydrogen-bond acceptors (Lipinski definition) is 2. The maximum atomic E-state index is 13.7. The van der Waals surface area contributed by atoms with Gasteiger partial charge in [0, 0.05) is 22.3 Å². The Kier molecular flexibility index (Phi) is 6.37. The van der Waals surface area contributed by atoms with E-state index in [1.165, 1.54) is 6.42 Å². The summed E-state index contributed by atoms with van der Waals surface area (Å²) in [6, 6.07) is 12.8. The quantitative estimate of drug-likeness (QED) is 0.441. The number of aromatic amines is 1. The number of para-hydroxylation sites is 1. The molecular formula is C23H22Cl3N3O. The predicted octanol–water partition coefficient (Wildman–Crippen LogP) is 7.32. The van der Waals surface area contributed by atoms with Crippen LogP contribution in [0.15, 0.2) is 42.5 Å². The van der Waals surface area contributed by atoms with Crippen molar-refractivity contribution in [1.29, 1.82) is 0 Å². The van der Waals surface area contributed by atoms with Crippen LogP contribution in [0, 0.1) is 6.92 Å². The first-order valence-corrected chi connectivity index (χ1v) is 11.2. The van der Waals surface area contributed by atoms with E-state index in [4.69, 9.17) is 34.8 Å². The van der Waals surface area contributed by atoms with Gasteiger partial charge in [0.15, 0.2) is 0 Å². The van der Waals surface area contributed by atoms with E-state index in [1.54, 1.807) is 18.2 Å². The van der Waals surface area contributed by atoms with Gasteiger partial charge in [0.05, 0.1) is 15.7 Å². The molecule has 0 saturated heterocycles. The Morgan fingerprint density at radius 2 is 1.77 bits per heavy atom. The lowest BCUT2D eigenvalue weighted by molar-refractivity contribution is 0.0965. The molecule has 3 aromatic rings. The van der Waals surface area contributed by atoms with Gasteiger partial charge in [-0.1, -0.05) is 66.2 Å². The van der Waals surface area contributed by atoms with Gasteiger partial charge in [-0.3, -0.25) is 4.79 Å². The number of amides is 1. The molecule has 0 bridgehead atoms. The van der Waals surface area contributed by atoms with E-state index in [-0.39, 0.29) is 11.9 Å². The zero-order valence-electron chi connectivity index (χ0n) is 16.6. The van der Waals surface area contributed by atoms with Gasteiger partial charge in [-0.25, -0.2) is 4.98 Å². The molecule has 0 atom stereocenters. The Morgan fingerprint density at radius 1 is 1.03 bits per heavy atom. The van der Waals surface area contributed by atoms with Crippen molar-refractivity contribution in [1.82, 2.24) is 9.97 Å². The Labute approximate surface area is 191 Å². The Balaban J connectivity index is 1.75. The fourth-order valence-electron chi connectivity index (χ4n) is 4.05. The minimum atomic E-state index is -0.153. The number of halogens is 3. The van der Waals surface area contributed by atoms with Gasteiger partial charge in [0.25, 0.3) is 5.91 Å². The molecule has 0 radical (unpaired) electrons. The average molecular weight is 463 g/mol. The molecule has 1 aliphatic rings. The number of imidazole rings is 1. The number of aryl methyl sites for hydroxylation is 1. The van der Waals surface area contributed by atoms with Gasteiger partial charge in [-0.15, -0.1) is 0 Å². The van der Waals surface area contributed by atoms with E-state index >= 15 is 0 Å². The standard InChI is InChI=1S/C23H22Cl3N3O/c1-14-21(28-22(27-14)17-12-11-15(24)13-19(17)26)23(30)29(16-7-3-2-4-8-16)20-10-6-5-9-18(20)25/h5-6,9-13,16H,2-4,7-8H2,1H3,(H,27,28). The lowest BCUT2D eigenvalue weighted by Gasteiger charge is -2.34. The van der Waals surface area contributed by atoms with Crippen LogP contribution in [0.1, 0.15) is 48.3 Å². The van der Waals surface area contributed by atoms with Crippen LogP contribution < -0.4 is 4.90 Å². The first kappa shape index (κ1) is 21.2. The van der Waals surface area contributed by atoms with E-state index in [0.29, 0.717) is 37.8 Å². The van der Waals surface area contributed by atoms with E-state index < -0.39 is 0 Å². The summed E-state index contributed by atoms with van der Waals surface area (Å²) in [5.41, 5.74) is 2.49. The molecule has 0 unspecified atom stereocenters. The fraction of sp³-hybridized carbons (Fsp3) is 0.304. The number of carbonyl (C=O) groups is 1. The van der Waals surface area contributed by atoms with Crippen molar-refractivity contribution in [2.24, 2.45) is 0 Å². The number of aromatic nitrogens is 2. The highest BCUT2D eigenvalue weighted by atomic mass is 35.5. The Morgan fingerprint density at radius 3 is 2.47 bits per heavy atom. The smallest absolute Gasteiger partial charge is 0.279 e. The highest BCUT2D eigenvalue weighted by Crippen LogP contribution is 2.35. The summed E-state index contributed by atoms with van der Waals surface area (Å²) in [7, 11) is 0. The second-order valence-electron chi connectivity index (χ2n) is 7.60. The van der Waals surface area contributed by atoms with E-state index in [9.17, 15) is 4.79 Å². The third-order valence-electron chi connectivity index (χ3n) is 5.54. The first-order valence-electron chi connectivity index (χ1n) is 10.1. The summed E-state index contributed by atoms with van der Waals surface area (Å²) < 4.78 is 0. The van der Waals surface area contributed by atoms with Crippen molar-refractivity contribution in [3.05, 3.63) is 68.9 Å². The second-order valence-corrected chi connectivity index (χ2v) is 8.85. The molecule has 7 heteroatoms. The zero-order valence-corrected chi connectivity index (χ0v) is 18.9. The van der Waals surface area contributed by atoms with E-state index in [2.05, 4.69) is 9.97 Å². The third kappa shape index (κ3) is 4.22. The SMILES string of the molecule is Cc1[nH]c(-c2ccc(Cl)cc2Cl)nc1C(=O)N(c1ccccc1Cl)C1CCCCC1. The molecular weight excluding hydrogens is 441 g/mol. The minimum Gasteiger partial charge on any atom is -0.341 e. The van der Waals surface area contributed by atoms with Crippen molar-refractivity contribution >= 4 is 46.4 Å². The molecule has 1 amide bonds. The maximum absolute atomic E-state index is 13.7. The highest BCUT2D eigenvalue weighted by Gasteiger charge is 2.31. The van der Waals surface area contributed by atoms with Gasteiger partial charge in [-0.2, -0.15) is 0 Å². The average Bonchev–Trinajstić information content (AvgIpc) is 3.11. The van der Waals surface area contributed by atoms with Crippen LogP contribution in [0.4, 0.5) is 5.69 Å². The Hall–Kier alpha value is -2.01. The van der Waals surface area contributed by atoms with Crippen LogP contribution >= 0.6 is 34.8 Å². The molecule has 0 spiro atoms. The molecule has 0 aliphatic heterocycles. The molecule has 1 N–H and O–H groups in total. The van der Waals surface area contributed by atoms with Crippen molar-refractivity contribution < 1.29 is 4.79 Å². The molecule has 1 aromatic heterocycles. The number of hydrogen-bond donors (Lipinski definition) is 1. The summed E-state index contributed by atoms with van der Waals surface area (Å²) in [6.45, 7) is 1.85. The number of anilines is 1. The van der Waals surface area contributed by atoms with Crippen LogP contribution in [0.5, 0.6) is 0 Å². The number of rotatable bonds is 4. The monoisotopic (exact) mass is 461 g/mol. The summed E-state index contributed by atoms with van der Waals surface area (Å²) in [5, 5.41) is 1.58. The zero-order chi connectivity index (χ0) is 21.3. The van der Waals surface area contributed by atoms with Gasteiger partial charge >= 0.3 is 0 Å². The molecule has 1 saturated carbocycles. The van der Waals surface area contributed by atoms with Crippen LogP contribution in [-0.2, 0) is 0 Å². The van der Waals surface area contributed by atoms with Crippen molar-refractivity contribution in [2.45, 2.75) is 45.1 Å². The predicted molar refractivity (Wildman–Crippen MR) is 124 cm³/mol. The minimum absolute atomic E-state index is 0.102. The third-order valence-corrected chi connectivity index (χ3v) is 6.41. The van der Waals surface area contributed by atoms with E-state index in [0.717, 1.165) is 31.4 Å². The highest BCUT2D eigenvalue weighted by molar-refractivity contribution is 6.36. The van der Waals surface area contributed by atoms with Gasteiger partial charge in [0.1, 0.15) is 11.5 Å². The van der Waals surface area contributed by atoms with E-state index in [1.807, 2.05) is 36.1 Å². The number of H-pyrrole nitrogens is 1. The topological polar surface area (TPSA) is 49.0 Å². The van der Waals surface area contributed by atoms with Crippen LogP contribution in [0.2, 0.25) is 15.1 Å². The van der Waals surface area contributed by atoms with Crippen LogP contribution in [0.3, 0.4) is 0 Å². The van der Waals surface area contributed by atoms with Crippen molar-refractivity contribution in [2.75, 3.05) is 4.90 Å². The maximum Gasteiger partial charge on any atom is 0.279 e. The fourth-order valence-corrected chi connectivity index (χ4v) is 4.77. The number of carbonyl (C=O) groups excluding carboxylic acids is 1. The second kappa shape index (κ2) is 9.01. The van der Waals surface area contributed by atoms with Crippen molar-refractivity contribution in [3.63, 3.8) is 0 Å². The molecule has 156 valence electrons. The molecule has 1 heterocycles. The number of benzene rings is 2. The van der Waals surface area contributed by atoms with Gasteiger partial charge in [0.2, 0.25) is 0 Å². The molecule has 4 nitrogen and oxygen atoms in total. The van der Waals surface area contributed by atoms with Crippen LogP contribution in [-0.4, -0.2) is 21.9 Å². The van der Waals surface area contributed by atoms with Gasteiger partial charge < -0.3 is 9.88 Å². The van der Waals surface area contributed by atoms with Gasteiger partial charge in [-0.05, 0) is 50.1 Å². The number of nitrogens with one attached hydrogen (secondary N) is 1. The largest absolute Gasteiger partial charge is 0.341 e. The normalized spacial score (nSPS) is 14.7. The van der Waals surface area contributed by atoms with Crippen LogP contribution in [0.25, 0.3) is 11.4 Å². The molecule has 30 heavy (non-hydrogen) atoms.